The summed E-state index contributed by atoms with van der Waals surface area (Å²) in [6.07, 6.45) is 2.62. The molecule has 0 amide bonds. The summed E-state index contributed by atoms with van der Waals surface area (Å²) in [5.74, 6) is 0.615. The molecule has 1 aliphatic rings. The number of benzene rings is 2. The minimum Gasteiger partial charge on any atom is -0.493 e. The molecule has 2 unspecified atom stereocenters. The second kappa shape index (κ2) is 9.11. The minimum atomic E-state index is -0.754. The van der Waals surface area contributed by atoms with E-state index in [0.717, 1.165) is 36.1 Å². The van der Waals surface area contributed by atoms with Gasteiger partial charge >= 0.3 is 5.97 Å². The number of aliphatic carboxylic acids is 1. The molecule has 1 aliphatic heterocycles. The highest BCUT2D eigenvalue weighted by molar-refractivity contribution is 5.73. The van der Waals surface area contributed by atoms with Crippen LogP contribution < -0.4 is 9.47 Å². The molecule has 0 aromatic heterocycles. The van der Waals surface area contributed by atoms with E-state index in [2.05, 4.69) is 24.0 Å². The van der Waals surface area contributed by atoms with Gasteiger partial charge in [-0.1, -0.05) is 36.8 Å². The Balaban J connectivity index is 2.11. The number of hydrogen-bond donors (Lipinski definition) is 1. The number of ether oxygens (including phenoxy) is 2. The lowest BCUT2D eigenvalue weighted by Crippen LogP contribution is -2.47. The Morgan fingerprint density at radius 3 is 2.68 bits per heavy atom. The Kier molecular flexibility index (Phi) is 6.57. The SMILES string of the molecule is CCOc1ccc(C(c2ccccc2C)N2CCCCC2C(=O)O)cc1OC. The van der Waals surface area contributed by atoms with E-state index in [1.54, 1.807) is 7.11 Å². The van der Waals surface area contributed by atoms with E-state index in [1.165, 1.54) is 0 Å². The van der Waals surface area contributed by atoms with E-state index >= 15 is 0 Å². The van der Waals surface area contributed by atoms with Crippen LogP contribution in [0.1, 0.15) is 48.9 Å². The zero-order chi connectivity index (χ0) is 20.1. The first kappa shape index (κ1) is 20.2. The lowest BCUT2D eigenvalue weighted by atomic mass is 9.89. The average molecular weight is 383 g/mol. The van der Waals surface area contributed by atoms with Crippen LogP contribution in [-0.2, 0) is 4.79 Å². The summed E-state index contributed by atoms with van der Waals surface area (Å²) in [4.78, 5) is 14.1. The maximum Gasteiger partial charge on any atom is 0.320 e. The van der Waals surface area contributed by atoms with Crippen LogP contribution in [0.25, 0.3) is 0 Å². The van der Waals surface area contributed by atoms with Crippen molar-refractivity contribution >= 4 is 5.97 Å². The number of rotatable bonds is 7. The first-order valence-corrected chi connectivity index (χ1v) is 9.91. The average Bonchev–Trinajstić information content (AvgIpc) is 2.71. The van der Waals surface area contributed by atoms with Crippen LogP contribution in [0.5, 0.6) is 11.5 Å². The van der Waals surface area contributed by atoms with E-state index in [4.69, 9.17) is 9.47 Å². The Labute approximate surface area is 166 Å². The van der Waals surface area contributed by atoms with Crippen LogP contribution in [0.15, 0.2) is 42.5 Å². The number of hydrogen-bond acceptors (Lipinski definition) is 4. The molecule has 0 bridgehead atoms. The van der Waals surface area contributed by atoms with E-state index in [0.29, 0.717) is 24.5 Å². The van der Waals surface area contributed by atoms with Gasteiger partial charge in [-0.25, -0.2) is 0 Å². The van der Waals surface area contributed by atoms with Gasteiger partial charge in [0.25, 0.3) is 0 Å². The van der Waals surface area contributed by atoms with Gasteiger partial charge in [0.05, 0.1) is 19.8 Å². The van der Waals surface area contributed by atoms with Crippen LogP contribution in [0.3, 0.4) is 0 Å². The Morgan fingerprint density at radius 1 is 1.21 bits per heavy atom. The van der Waals surface area contributed by atoms with Crippen molar-refractivity contribution in [1.29, 1.82) is 0 Å². The van der Waals surface area contributed by atoms with E-state index in [1.807, 2.05) is 37.3 Å². The number of carboxylic acids is 1. The molecule has 1 N–H and O–H groups in total. The van der Waals surface area contributed by atoms with Crippen molar-refractivity contribution in [3.05, 3.63) is 59.2 Å². The molecular weight excluding hydrogens is 354 g/mol. The van der Waals surface area contributed by atoms with Crippen molar-refractivity contribution < 1.29 is 19.4 Å². The second-order valence-corrected chi connectivity index (χ2v) is 7.19. The fourth-order valence-corrected chi connectivity index (χ4v) is 4.10. The predicted molar refractivity (Wildman–Crippen MR) is 109 cm³/mol. The van der Waals surface area contributed by atoms with Crippen molar-refractivity contribution in [2.75, 3.05) is 20.3 Å². The highest BCUT2D eigenvalue weighted by Crippen LogP contribution is 2.39. The number of likely N-dealkylation sites (tertiary alicyclic amines) is 1. The number of nitrogens with zero attached hydrogens (tertiary/aromatic N) is 1. The molecule has 1 saturated heterocycles. The molecule has 2 aromatic rings. The van der Waals surface area contributed by atoms with Crippen molar-refractivity contribution in [3.63, 3.8) is 0 Å². The van der Waals surface area contributed by atoms with Crippen LogP contribution in [0, 0.1) is 6.92 Å². The monoisotopic (exact) mass is 383 g/mol. The second-order valence-electron chi connectivity index (χ2n) is 7.19. The van der Waals surface area contributed by atoms with E-state index in [9.17, 15) is 9.90 Å². The molecular formula is C23H29NO4. The normalized spacial score (nSPS) is 18.5. The van der Waals surface area contributed by atoms with Gasteiger partial charge in [0, 0.05) is 0 Å². The fourth-order valence-electron chi connectivity index (χ4n) is 4.10. The van der Waals surface area contributed by atoms with E-state index < -0.39 is 12.0 Å². The maximum atomic E-state index is 12.0. The molecule has 150 valence electrons. The molecule has 5 nitrogen and oxygen atoms in total. The molecule has 1 heterocycles. The predicted octanol–water partition coefficient (Wildman–Crippen LogP) is 4.43. The number of methoxy groups -OCH3 is 1. The van der Waals surface area contributed by atoms with Crippen LogP contribution >= 0.6 is 0 Å². The summed E-state index contributed by atoms with van der Waals surface area (Å²) in [7, 11) is 1.63. The summed E-state index contributed by atoms with van der Waals surface area (Å²) >= 11 is 0. The molecule has 0 saturated carbocycles. The molecule has 2 atom stereocenters. The first-order chi connectivity index (χ1) is 13.6. The standard InChI is InChI=1S/C23H29NO4/c1-4-28-20-13-12-17(15-21(20)27-3)22(18-10-6-5-9-16(18)2)24-14-8-7-11-19(24)23(25)26/h5-6,9-10,12-13,15,19,22H,4,7-8,11,14H2,1-3H3,(H,25,26). The van der Waals surface area contributed by atoms with Crippen molar-refractivity contribution in [2.45, 2.75) is 45.2 Å². The van der Waals surface area contributed by atoms with Crippen LogP contribution in [-0.4, -0.2) is 42.3 Å². The van der Waals surface area contributed by atoms with Crippen molar-refractivity contribution in [2.24, 2.45) is 0 Å². The zero-order valence-electron chi connectivity index (χ0n) is 16.9. The van der Waals surface area contributed by atoms with Gasteiger partial charge in [-0.2, -0.15) is 0 Å². The Bertz CT molecular complexity index is 820. The van der Waals surface area contributed by atoms with Gasteiger partial charge in [-0.3, -0.25) is 9.69 Å². The molecule has 0 spiro atoms. The molecule has 5 heteroatoms. The van der Waals surface area contributed by atoms with Gasteiger partial charge < -0.3 is 14.6 Å². The summed E-state index contributed by atoms with van der Waals surface area (Å²) in [5.41, 5.74) is 3.29. The molecule has 1 fully saturated rings. The number of piperidine rings is 1. The Hall–Kier alpha value is -2.53. The number of carboxylic acid groups (broad SMARTS) is 1. The quantitative estimate of drug-likeness (QED) is 0.766. The van der Waals surface area contributed by atoms with Crippen LogP contribution in [0.4, 0.5) is 0 Å². The summed E-state index contributed by atoms with van der Waals surface area (Å²) in [6.45, 7) is 5.33. The van der Waals surface area contributed by atoms with Gasteiger partial charge in [0.1, 0.15) is 6.04 Å². The lowest BCUT2D eigenvalue weighted by Gasteiger charge is -2.40. The third-order valence-corrected chi connectivity index (χ3v) is 5.45. The summed E-state index contributed by atoms with van der Waals surface area (Å²) < 4.78 is 11.2. The Morgan fingerprint density at radius 2 is 2.00 bits per heavy atom. The number of aryl methyl sites for hydroxylation is 1. The van der Waals surface area contributed by atoms with Gasteiger partial charge in [-0.15, -0.1) is 0 Å². The number of carbonyl (C=O) groups is 1. The van der Waals surface area contributed by atoms with Crippen LogP contribution in [0.2, 0.25) is 0 Å². The largest absolute Gasteiger partial charge is 0.493 e. The topological polar surface area (TPSA) is 59.0 Å². The van der Waals surface area contributed by atoms with Gasteiger partial charge in [-0.05, 0) is 62.1 Å². The summed E-state index contributed by atoms with van der Waals surface area (Å²) in [6, 6.07) is 13.5. The molecule has 2 aromatic carbocycles. The minimum absolute atomic E-state index is 0.146. The molecule has 0 aliphatic carbocycles. The third kappa shape index (κ3) is 4.14. The highest BCUT2D eigenvalue weighted by Gasteiger charge is 2.35. The third-order valence-electron chi connectivity index (χ3n) is 5.45. The zero-order valence-corrected chi connectivity index (χ0v) is 16.9. The van der Waals surface area contributed by atoms with Gasteiger partial charge in [0.2, 0.25) is 0 Å². The smallest absolute Gasteiger partial charge is 0.320 e. The van der Waals surface area contributed by atoms with Gasteiger partial charge in [0.15, 0.2) is 11.5 Å². The summed E-state index contributed by atoms with van der Waals surface area (Å²) in [5, 5.41) is 9.85. The molecule has 28 heavy (non-hydrogen) atoms. The molecule has 3 rings (SSSR count). The first-order valence-electron chi connectivity index (χ1n) is 9.91. The highest BCUT2D eigenvalue weighted by atomic mass is 16.5. The lowest BCUT2D eigenvalue weighted by molar-refractivity contribution is -0.145. The fraction of sp³-hybridized carbons (Fsp3) is 0.435. The maximum absolute atomic E-state index is 12.0. The molecule has 0 radical (unpaired) electrons. The van der Waals surface area contributed by atoms with Crippen molar-refractivity contribution in [3.8, 4) is 11.5 Å². The van der Waals surface area contributed by atoms with Crippen molar-refractivity contribution in [1.82, 2.24) is 4.90 Å². The van der Waals surface area contributed by atoms with E-state index in [-0.39, 0.29) is 6.04 Å².